The fourth-order valence-corrected chi connectivity index (χ4v) is 4.99. The highest BCUT2D eigenvalue weighted by atomic mass is 16.6. The van der Waals surface area contributed by atoms with Gasteiger partial charge in [0, 0.05) is 26.5 Å². The van der Waals surface area contributed by atoms with Crippen LogP contribution in [0.4, 0.5) is 4.79 Å². The number of amides is 3. The normalized spacial score (nSPS) is 14.8. The van der Waals surface area contributed by atoms with Gasteiger partial charge in [-0.05, 0) is 51.5 Å². The van der Waals surface area contributed by atoms with Crippen molar-refractivity contribution in [1.82, 2.24) is 15.1 Å². The Hall–Kier alpha value is -3.36. The summed E-state index contributed by atoms with van der Waals surface area (Å²) in [7, 11) is 3.21. The van der Waals surface area contributed by atoms with Gasteiger partial charge in [-0.1, -0.05) is 84.9 Å². The van der Waals surface area contributed by atoms with Crippen molar-refractivity contribution in [2.24, 2.45) is 11.3 Å². The summed E-state index contributed by atoms with van der Waals surface area (Å²) in [5.74, 6) is -1.27. The van der Waals surface area contributed by atoms with Crippen molar-refractivity contribution in [3.05, 3.63) is 47.5 Å². The van der Waals surface area contributed by atoms with E-state index in [-0.39, 0.29) is 19.9 Å². The summed E-state index contributed by atoms with van der Waals surface area (Å²) in [6, 6.07) is 7.09. The quantitative estimate of drug-likeness (QED) is 0.247. The molecule has 0 fully saturated rings. The van der Waals surface area contributed by atoms with E-state index in [1.165, 1.54) is 4.90 Å². The van der Waals surface area contributed by atoms with E-state index in [1.807, 2.05) is 78.8 Å². The third-order valence-electron chi connectivity index (χ3n) is 7.41. The van der Waals surface area contributed by atoms with Crippen molar-refractivity contribution in [3.63, 3.8) is 0 Å². The van der Waals surface area contributed by atoms with Crippen LogP contribution in [0.25, 0.3) is 0 Å². The molecule has 0 spiro atoms. The second kappa shape index (κ2) is 14.9. The first kappa shape index (κ1) is 37.7. The summed E-state index contributed by atoms with van der Waals surface area (Å²) in [6.45, 7) is 22.3. The Morgan fingerprint density at radius 1 is 0.930 bits per heavy atom. The zero-order valence-corrected chi connectivity index (χ0v) is 28.8. The zero-order chi connectivity index (χ0) is 33.5. The molecule has 9 nitrogen and oxygen atoms in total. The Morgan fingerprint density at radius 3 is 1.91 bits per heavy atom. The maximum Gasteiger partial charge on any atom is 0.410 e. The molecule has 0 aromatic heterocycles. The maximum atomic E-state index is 14.3. The van der Waals surface area contributed by atoms with Crippen LogP contribution < -0.4 is 5.32 Å². The summed E-state index contributed by atoms with van der Waals surface area (Å²) in [5, 5.41) is 3.01. The van der Waals surface area contributed by atoms with Crippen LogP contribution in [-0.4, -0.2) is 78.1 Å². The highest BCUT2D eigenvalue weighted by molar-refractivity contribution is 5.93. The van der Waals surface area contributed by atoms with Crippen LogP contribution in [0.3, 0.4) is 0 Å². The monoisotopic (exact) mass is 603 g/mol. The Bertz CT molecular complexity index is 1150. The number of ether oxygens (including phenoxy) is 2. The topological polar surface area (TPSA) is 105 Å². The van der Waals surface area contributed by atoms with Gasteiger partial charge < -0.3 is 19.7 Å². The zero-order valence-electron chi connectivity index (χ0n) is 28.8. The van der Waals surface area contributed by atoms with Gasteiger partial charge in [0.05, 0.1) is 12.6 Å². The van der Waals surface area contributed by atoms with Gasteiger partial charge in [0.15, 0.2) is 0 Å². The van der Waals surface area contributed by atoms with E-state index in [2.05, 4.69) is 5.32 Å². The van der Waals surface area contributed by atoms with Gasteiger partial charge >= 0.3 is 12.1 Å². The predicted molar refractivity (Wildman–Crippen MR) is 173 cm³/mol. The van der Waals surface area contributed by atoms with Crippen molar-refractivity contribution >= 4 is 23.9 Å². The lowest BCUT2D eigenvalue weighted by molar-refractivity contribution is -0.142. The molecule has 244 valence electrons. The third kappa shape index (κ3) is 10.4. The van der Waals surface area contributed by atoms with E-state index in [1.54, 1.807) is 59.7 Å². The number of esters is 1. The van der Waals surface area contributed by atoms with E-state index in [4.69, 9.17) is 9.47 Å². The minimum atomic E-state index is -1.01. The number of carbonyl (C=O) groups is 4. The Balaban J connectivity index is 0.0000185. The maximum absolute atomic E-state index is 14.3. The molecule has 1 aromatic carbocycles. The number of nitrogens with one attached hydrogen (secondary N) is 1. The molecule has 0 heterocycles. The summed E-state index contributed by atoms with van der Waals surface area (Å²) in [5.41, 5.74) is -1.06. The second-order valence-corrected chi connectivity index (χ2v) is 14.1. The van der Waals surface area contributed by atoms with E-state index >= 15 is 0 Å². The molecule has 0 aliphatic rings. The SMILES string of the molecule is CCOC(=O)/C(C)=C/[C@H](C(C)C)N(C)C(=O)C(NC(=O)[C@@H](N(C)C(=O)OC(C)(C)C)C(C)(C)c1ccccc1)C(C)(C)C.[HH]. The summed E-state index contributed by atoms with van der Waals surface area (Å²) < 4.78 is 10.8. The lowest BCUT2D eigenvalue weighted by Crippen LogP contribution is -2.63. The molecule has 0 aliphatic carbocycles. The van der Waals surface area contributed by atoms with Crippen LogP contribution in [0.2, 0.25) is 0 Å². The standard InChI is InChI=1S/C34H55N3O6.H2/c1-15-42-30(40)23(4)21-25(22(2)3)36(13)29(39)26(32(5,6)7)35-28(38)27(37(14)31(41)43-33(8,9)10)34(11,12)24-19-17-16-18-20-24;/h16-22,25-27H,15H2,1-14H3,(H,35,38);1H/b23-21+;/t25-,26?,27-;/m1./s1. The van der Waals surface area contributed by atoms with Crippen LogP contribution in [0.1, 0.15) is 90.1 Å². The fraction of sp³-hybridized carbons (Fsp3) is 0.647. The van der Waals surface area contributed by atoms with E-state index < -0.39 is 52.5 Å². The van der Waals surface area contributed by atoms with Crippen LogP contribution in [0, 0.1) is 11.3 Å². The molecule has 1 rings (SSSR count). The van der Waals surface area contributed by atoms with Crippen LogP contribution in [0.15, 0.2) is 42.0 Å². The highest BCUT2D eigenvalue weighted by Crippen LogP contribution is 2.32. The first-order valence-electron chi connectivity index (χ1n) is 15.0. The van der Waals surface area contributed by atoms with E-state index in [9.17, 15) is 19.2 Å². The molecule has 9 heteroatoms. The van der Waals surface area contributed by atoms with Crippen molar-refractivity contribution in [1.29, 1.82) is 0 Å². The molecule has 43 heavy (non-hydrogen) atoms. The minimum Gasteiger partial charge on any atom is -0.463 e. The van der Waals surface area contributed by atoms with Gasteiger partial charge in [0.25, 0.3) is 0 Å². The molecule has 1 unspecified atom stereocenters. The van der Waals surface area contributed by atoms with Gasteiger partial charge in [-0.25, -0.2) is 9.59 Å². The lowest BCUT2D eigenvalue weighted by Gasteiger charge is -2.42. The highest BCUT2D eigenvalue weighted by Gasteiger charge is 2.45. The van der Waals surface area contributed by atoms with Gasteiger partial charge in [-0.2, -0.15) is 0 Å². The molecule has 0 saturated heterocycles. The molecule has 0 radical (unpaired) electrons. The third-order valence-corrected chi connectivity index (χ3v) is 7.41. The Labute approximate surface area is 260 Å². The number of benzene rings is 1. The molecule has 0 saturated carbocycles. The second-order valence-electron chi connectivity index (χ2n) is 14.1. The van der Waals surface area contributed by atoms with Gasteiger partial charge in [-0.15, -0.1) is 0 Å². The summed E-state index contributed by atoms with van der Waals surface area (Å²) in [4.78, 5) is 56.9. The molecule has 0 bridgehead atoms. The smallest absolute Gasteiger partial charge is 0.410 e. The molecule has 1 aromatic rings. The van der Waals surface area contributed by atoms with Crippen molar-refractivity contribution in [2.45, 2.75) is 112 Å². The van der Waals surface area contributed by atoms with Crippen LogP contribution in [0.5, 0.6) is 0 Å². The first-order valence-corrected chi connectivity index (χ1v) is 15.0. The van der Waals surface area contributed by atoms with Crippen molar-refractivity contribution < 1.29 is 30.1 Å². The van der Waals surface area contributed by atoms with Gasteiger partial charge in [0.1, 0.15) is 17.7 Å². The molecule has 3 amide bonds. The van der Waals surface area contributed by atoms with Gasteiger partial charge in [-0.3, -0.25) is 14.5 Å². The largest absolute Gasteiger partial charge is 0.463 e. The molecule has 1 N–H and O–H groups in total. The Morgan fingerprint density at radius 2 is 1.47 bits per heavy atom. The number of hydrogen-bond acceptors (Lipinski definition) is 6. The molecule has 3 atom stereocenters. The van der Waals surface area contributed by atoms with Crippen molar-refractivity contribution in [3.8, 4) is 0 Å². The number of likely N-dealkylation sites (N-methyl/N-ethyl adjacent to an activating group) is 2. The van der Waals surface area contributed by atoms with Gasteiger partial charge in [0.2, 0.25) is 11.8 Å². The average molecular weight is 604 g/mol. The van der Waals surface area contributed by atoms with E-state index in [0.717, 1.165) is 5.56 Å². The summed E-state index contributed by atoms with van der Waals surface area (Å²) >= 11 is 0. The number of carbonyl (C=O) groups excluding carboxylic acids is 4. The lowest BCUT2D eigenvalue weighted by atomic mass is 9.76. The Kier molecular flexibility index (Phi) is 13.0. The number of rotatable bonds is 11. The van der Waals surface area contributed by atoms with Crippen molar-refractivity contribution in [2.75, 3.05) is 20.7 Å². The molecular formula is C34H57N3O6. The average Bonchev–Trinajstić information content (AvgIpc) is 2.88. The number of hydrogen-bond donors (Lipinski definition) is 1. The van der Waals surface area contributed by atoms with E-state index in [0.29, 0.717) is 5.57 Å². The summed E-state index contributed by atoms with van der Waals surface area (Å²) in [6.07, 6.45) is 1.09. The molecular weight excluding hydrogens is 546 g/mol. The predicted octanol–water partition coefficient (Wildman–Crippen LogP) is 5.97. The minimum absolute atomic E-state index is 0. The fourth-order valence-electron chi connectivity index (χ4n) is 4.99. The molecule has 0 aliphatic heterocycles. The number of nitrogens with zero attached hydrogens (tertiary/aromatic N) is 2. The van der Waals surface area contributed by atoms with Crippen LogP contribution >= 0.6 is 0 Å². The van der Waals surface area contributed by atoms with Crippen LogP contribution in [-0.2, 0) is 29.3 Å². The first-order chi connectivity index (χ1) is 19.6.